The van der Waals surface area contributed by atoms with Crippen molar-refractivity contribution in [1.82, 2.24) is 9.97 Å². The topological polar surface area (TPSA) is 41.0 Å². The van der Waals surface area contributed by atoms with Crippen molar-refractivity contribution in [3.8, 4) is 0 Å². The van der Waals surface area contributed by atoms with E-state index in [0.29, 0.717) is 11.6 Å². The normalized spacial score (nSPS) is 10.7. The Balaban J connectivity index is 2.28. The predicted molar refractivity (Wildman–Crippen MR) is 89.2 cm³/mol. The van der Waals surface area contributed by atoms with Crippen molar-refractivity contribution in [3.05, 3.63) is 41.7 Å². The Labute approximate surface area is 135 Å². The zero-order valence-corrected chi connectivity index (χ0v) is 13.7. The SMILES string of the molecule is CCCN(CCC)c1cc(Nc2ccc(F)cc2F)nc(C)n1. The van der Waals surface area contributed by atoms with Crippen LogP contribution in [0.5, 0.6) is 0 Å². The van der Waals surface area contributed by atoms with Crippen LogP contribution in [0.15, 0.2) is 24.3 Å². The monoisotopic (exact) mass is 320 g/mol. The van der Waals surface area contributed by atoms with Gasteiger partial charge in [-0.1, -0.05) is 13.8 Å². The van der Waals surface area contributed by atoms with Crippen LogP contribution in [0.1, 0.15) is 32.5 Å². The maximum absolute atomic E-state index is 13.8. The highest BCUT2D eigenvalue weighted by molar-refractivity contribution is 5.60. The summed E-state index contributed by atoms with van der Waals surface area (Å²) in [6.07, 6.45) is 2.02. The van der Waals surface area contributed by atoms with Gasteiger partial charge in [0.2, 0.25) is 0 Å². The lowest BCUT2D eigenvalue weighted by Gasteiger charge is -2.23. The molecule has 0 aliphatic rings. The number of hydrogen-bond donors (Lipinski definition) is 1. The Morgan fingerprint density at radius 1 is 1.04 bits per heavy atom. The molecule has 4 nitrogen and oxygen atoms in total. The average Bonchev–Trinajstić information content (AvgIpc) is 2.49. The number of aryl methyl sites for hydroxylation is 1. The molecule has 0 saturated carbocycles. The van der Waals surface area contributed by atoms with E-state index in [1.54, 1.807) is 13.0 Å². The van der Waals surface area contributed by atoms with Crippen molar-refractivity contribution in [3.63, 3.8) is 0 Å². The number of rotatable bonds is 7. The average molecular weight is 320 g/mol. The van der Waals surface area contributed by atoms with Gasteiger partial charge in [-0.25, -0.2) is 18.7 Å². The second-order valence-electron chi connectivity index (χ2n) is 5.39. The Morgan fingerprint density at radius 2 is 1.74 bits per heavy atom. The minimum Gasteiger partial charge on any atom is -0.356 e. The number of halogens is 2. The van der Waals surface area contributed by atoms with Crippen molar-refractivity contribution < 1.29 is 8.78 Å². The molecule has 6 heteroatoms. The molecular formula is C17H22F2N4. The van der Waals surface area contributed by atoms with Crippen molar-refractivity contribution in [2.75, 3.05) is 23.3 Å². The zero-order chi connectivity index (χ0) is 16.8. The van der Waals surface area contributed by atoms with Gasteiger partial charge in [-0.2, -0.15) is 0 Å². The lowest BCUT2D eigenvalue weighted by atomic mass is 10.3. The van der Waals surface area contributed by atoms with E-state index in [-0.39, 0.29) is 5.69 Å². The lowest BCUT2D eigenvalue weighted by molar-refractivity contribution is 0.586. The molecule has 23 heavy (non-hydrogen) atoms. The van der Waals surface area contributed by atoms with Gasteiger partial charge in [0.25, 0.3) is 0 Å². The molecule has 2 aromatic rings. The highest BCUT2D eigenvalue weighted by Crippen LogP contribution is 2.22. The summed E-state index contributed by atoms with van der Waals surface area (Å²) in [6, 6.07) is 5.21. The summed E-state index contributed by atoms with van der Waals surface area (Å²) in [6.45, 7) is 7.82. The molecule has 0 aliphatic carbocycles. The summed E-state index contributed by atoms with van der Waals surface area (Å²) in [5.41, 5.74) is 0.188. The first-order valence-electron chi connectivity index (χ1n) is 7.86. The fraction of sp³-hybridized carbons (Fsp3) is 0.412. The molecule has 1 aromatic carbocycles. The molecule has 2 rings (SSSR count). The summed E-state index contributed by atoms with van der Waals surface area (Å²) in [5, 5.41) is 2.90. The molecule has 0 bridgehead atoms. The molecule has 0 radical (unpaired) electrons. The first-order valence-corrected chi connectivity index (χ1v) is 7.86. The summed E-state index contributed by atoms with van der Waals surface area (Å²) in [7, 11) is 0. The molecule has 1 heterocycles. The molecule has 0 spiro atoms. The second-order valence-corrected chi connectivity index (χ2v) is 5.39. The van der Waals surface area contributed by atoms with Crippen LogP contribution in [0.3, 0.4) is 0 Å². The van der Waals surface area contributed by atoms with Crippen molar-refractivity contribution in [2.24, 2.45) is 0 Å². The molecule has 124 valence electrons. The Bertz CT molecular complexity index is 655. The van der Waals surface area contributed by atoms with Gasteiger partial charge in [0, 0.05) is 25.2 Å². The highest BCUT2D eigenvalue weighted by atomic mass is 19.1. The smallest absolute Gasteiger partial charge is 0.149 e. The van der Waals surface area contributed by atoms with Gasteiger partial charge in [-0.3, -0.25) is 0 Å². The van der Waals surface area contributed by atoms with Crippen LogP contribution in [0.2, 0.25) is 0 Å². The van der Waals surface area contributed by atoms with E-state index < -0.39 is 11.6 Å². The number of hydrogen-bond acceptors (Lipinski definition) is 4. The number of aromatic nitrogens is 2. The number of nitrogens with zero attached hydrogens (tertiary/aromatic N) is 3. The quantitative estimate of drug-likeness (QED) is 0.819. The summed E-state index contributed by atoms with van der Waals surface area (Å²) in [5.74, 6) is 0.651. The first-order chi connectivity index (χ1) is 11.0. The predicted octanol–water partition coefficient (Wildman–Crippen LogP) is 4.43. The fourth-order valence-corrected chi connectivity index (χ4v) is 2.39. The fourth-order valence-electron chi connectivity index (χ4n) is 2.39. The third-order valence-corrected chi connectivity index (χ3v) is 3.33. The van der Waals surface area contributed by atoms with Crippen LogP contribution in [0.4, 0.5) is 26.1 Å². The second kappa shape index (κ2) is 7.85. The van der Waals surface area contributed by atoms with Crippen LogP contribution in [0.25, 0.3) is 0 Å². The van der Waals surface area contributed by atoms with E-state index in [4.69, 9.17) is 0 Å². The maximum Gasteiger partial charge on any atom is 0.149 e. The minimum absolute atomic E-state index is 0.188. The van der Waals surface area contributed by atoms with Gasteiger partial charge in [-0.15, -0.1) is 0 Å². The number of nitrogens with one attached hydrogen (secondary N) is 1. The van der Waals surface area contributed by atoms with E-state index in [9.17, 15) is 8.78 Å². The van der Waals surface area contributed by atoms with Gasteiger partial charge < -0.3 is 10.2 Å². The van der Waals surface area contributed by atoms with Crippen LogP contribution in [0, 0.1) is 18.6 Å². The lowest BCUT2D eigenvalue weighted by Crippen LogP contribution is -2.26. The molecular weight excluding hydrogens is 298 g/mol. The molecule has 0 saturated heterocycles. The Hall–Kier alpha value is -2.24. The van der Waals surface area contributed by atoms with Crippen LogP contribution >= 0.6 is 0 Å². The van der Waals surface area contributed by atoms with Crippen molar-refractivity contribution in [2.45, 2.75) is 33.6 Å². The molecule has 1 N–H and O–H groups in total. The van der Waals surface area contributed by atoms with Gasteiger partial charge in [-0.05, 0) is 31.9 Å². The van der Waals surface area contributed by atoms with Gasteiger partial charge in [0.1, 0.15) is 29.1 Å². The van der Waals surface area contributed by atoms with Gasteiger partial charge in [0.15, 0.2) is 0 Å². The minimum atomic E-state index is -0.651. The number of anilines is 3. The van der Waals surface area contributed by atoms with E-state index >= 15 is 0 Å². The molecule has 0 amide bonds. The zero-order valence-electron chi connectivity index (χ0n) is 13.7. The third kappa shape index (κ3) is 4.61. The summed E-state index contributed by atoms with van der Waals surface area (Å²) >= 11 is 0. The maximum atomic E-state index is 13.8. The summed E-state index contributed by atoms with van der Waals surface area (Å²) < 4.78 is 26.8. The molecule has 0 fully saturated rings. The molecule has 0 aliphatic heterocycles. The Kier molecular flexibility index (Phi) is 5.84. The highest BCUT2D eigenvalue weighted by Gasteiger charge is 2.11. The summed E-state index contributed by atoms with van der Waals surface area (Å²) in [4.78, 5) is 10.9. The van der Waals surface area contributed by atoms with E-state index in [1.807, 2.05) is 0 Å². The Morgan fingerprint density at radius 3 is 2.35 bits per heavy atom. The first kappa shape index (κ1) is 17.1. The van der Waals surface area contributed by atoms with Crippen molar-refractivity contribution in [1.29, 1.82) is 0 Å². The van der Waals surface area contributed by atoms with Crippen LogP contribution in [-0.2, 0) is 0 Å². The molecule has 0 atom stereocenters. The van der Waals surface area contributed by atoms with E-state index in [1.165, 1.54) is 12.1 Å². The van der Waals surface area contributed by atoms with E-state index in [0.717, 1.165) is 37.8 Å². The van der Waals surface area contributed by atoms with Crippen molar-refractivity contribution >= 4 is 17.3 Å². The third-order valence-electron chi connectivity index (χ3n) is 3.33. The van der Waals surface area contributed by atoms with Gasteiger partial charge in [0.05, 0.1) is 5.69 Å². The van der Waals surface area contributed by atoms with Gasteiger partial charge >= 0.3 is 0 Å². The molecule has 1 aromatic heterocycles. The van der Waals surface area contributed by atoms with Crippen LogP contribution in [-0.4, -0.2) is 23.1 Å². The molecule has 0 unspecified atom stereocenters. The van der Waals surface area contributed by atoms with Crippen LogP contribution < -0.4 is 10.2 Å². The number of benzene rings is 1. The largest absolute Gasteiger partial charge is 0.356 e. The standard InChI is InChI=1S/C17H22F2N4/c1-4-8-23(9-5-2)17-11-16(20-12(3)21-17)22-15-7-6-13(18)10-14(15)19/h6-7,10-11H,4-5,8-9H2,1-3H3,(H,20,21,22). The van der Waals surface area contributed by atoms with E-state index in [2.05, 4.69) is 34.0 Å².